The van der Waals surface area contributed by atoms with E-state index >= 15 is 0 Å². The maximum absolute atomic E-state index is 8.93. The van der Waals surface area contributed by atoms with Crippen LogP contribution in [-0.4, -0.2) is 35.8 Å². The van der Waals surface area contributed by atoms with Gasteiger partial charge in [-0.2, -0.15) is 0 Å². The van der Waals surface area contributed by atoms with E-state index < -0.39 is 35.8 Å². The van der Waals surface area contributed by atoms with Gasteiger partial charge in [0.1, 0.15) is 0 Å². The van der Waals surface area contributed by atoms with Crippen molar-refractivity contribution in [1.29, 1.82) is 0 Å². The summed E-state index contributed by atoms with van der Waals surface area (Å²) in [5, 5.41) is 53.6. The normalized spacial score (nSPS) is 6.60. The van der Waals surface area contributed by atoms with E-state index in [9.17, 15) is 0 Å². The van der Waals surface area contributed by atoms with E-state index in [0.717, 1.165) is 0 Å². The fourth-order valence-corrected chi connectivity index (χ4v) is 0. The molecular weight excluding hydrogens is 599 g/mol. The molecule has 0 aromatic carbocycles. The number of carboxylic acids is 6. The van der Waals surface area contributed by atoms with Gasteiger partial charge in [-0.05, 0) is 0 Å². The van der Waals surface area contributed by atoms with Gasteiger partial charge in [-0.1, -0.05) is 0 Å². The molecule has 0 heterocycles. The van der Waals surface area contributed by atoms with E-state index in [4.69, 9.17) is 59.4 Å². The average molecular weight is 599 g/mol. The summed E-state index contributed by atoms with van der Waals surface area (Å²) < 4.78 is 0. The predicted molar refractivity (Wildman–Crippen MR) is 30.0 cm³/mol. The van der Waals surface area contributed by atoms with Crippen molar-refractivity contribution in [3.8, 4) is 0 Å². The third-order valence-corrected chi connectivity index (χ3v) is 0.500. The third kappa shape index (κ3) is 36.0. The van der Waals surface area contributed by atoms with Gasteiger partial charge in [0.25, 0.3) is 0 Å². The Kier molecular flexibility index (Phi) is 29.0. The number of carbonyl (C=O) groups excluding carboxylic acids is 6. The Morgan fingerprint density at radius 3 is 0.400 bits per heavy atom. The van der Waals surface area contributed by atoms with Gasteiger partial charge in [-0.3, -0.25) is 0 Å². The number of carboxylic acid groups (broad SMARTS) is 6. The van der Waals surface area contributed by atoms with Crippen molar-refractivity contribution in [3.63, 3.8) is 0 Å². The fourth-order valence-electron chi connectivity index (χ4n) is 0. The quantitative estimate of drug-likeness (QED) is 0.236. The van der Waals surface area contributed by atoms with Gasteiger partial charge >= 0.3 is 74.6 Å². The van der Waals surface area contributed by atoms with Crippen LogP contribution in [0.1, 0.15) is 0 Å². The molecule has 0 aromatic heterocycles. The molecule has 0 N–H and O–H groups in total. The molecule has 0 spiro atoms. The van der Waals surface area contributed by atoms with E-state index in [0.29, 0.717) is 0 Å². The molecule has 0 saturated carbocycles. The number of hydrogen-bond donors (Lipinski definition) is 0. The van der Waals surface area contributed by atoms with Gasteiger partial charge in [0.15, 0.2) is 0 Å². The minimum absolute atomic E-state index is 0. The zero-order chi connectivity index (χ0) is 15.5. The maximum Gasteiger partial charge on any atom is 3.00 e. The monoisotopic (exact) mass is 596 g/mol. The molecule has 0 fully saturated rings. The van der Waals surface area contributed by atoms with Crippen molar-refractivity contribution in [1.82, 2.24) is 0 Å². The number of carbonyl (C=O) groups is 6. The Labute approximate surface area is 168 Å². The zero-order valence-corrected chi connectivity index (χ0v) is 12.2. The molecule has 0 aliphatic carbocycles. The Hall–Kier alpha value is -0.686. The van der Waals surface area contributed by atoms with Crippen LogP contribution in [0.3, 0.4) is 0 Å². The first-order valence-electron chi connectivity index (χ1n) is 3.20. The molecule has 0 aliphatic rings. The number of hydrogen-bond acceptors (Lipinski definition) is 12. The van der Waals surface area contributed by atoms with Crippen molar-refractivity contribution in [2.24, 2.45) is 0 Å². The molecule has 0 aromatic rings. The van der Waals surface area contributed by atoms with Gasteiger partial charge < -0.3 is 59.4 Å². The van der Waals surface area contributed by atoms with Crippen LogP contribution in [0, 0.1) is 74.6 Å². The van der Waals surface area contributed by atoms with Crippen LogP contribution in [0.4, 0.5) is 0 Å². The minimum Gasteiger partial charge on any atom is -0.543 e. The molecule has 0 unspecified atom stereocenters. The Morgan fingerprint density at radius 2 is 0.400 bits per heavy atom. The van der Waals surface area contributed by atoms with E-state index in [1.165, 1.54) is 0 Å². The third-order valence-electron chi connectivity index (χ3n) is 0.500. The molecule has 12 nitrogen and oxygen atoms in total. The molecule has 14 heteroatoms. The van der Waals surface area contributed by atoms with Crippen LogP contribution < -0.4 is 30.6 Å². The standard InChI is InChI=1S/3C2H2O4.2Er/c3*3-1(4)2(5)6;;/h3*(H,3,4)(H,5,6);;/q;;;2*+3/p-6. The second kappa shape index (κ2) is 18.3. The molecule has 0 atom stereocenters. The average Bonchev–Trinajstić information content (AvgIpc) is 2.18. The summed E-state index contributed by atoms with van der Waals surface area (Å²) in [5.74, 6) is -13.1. The molecule has 0 amide bonds. The second-order valence-corrected chi connectivity index (χ2v) is 1.72. The van der Waals surface area contributed by atoms with E-state index in [1.807, 2.05) is 0 Å². The Balaban J connectivity index is -0.0000000536. The molecule has 0 aliphatic heterocycles. The van der Waals surface area contributed by atoms with Crippen molar-refractivity contribution < 1.29 is 134 Å². The predicted octanol–water partition coefficient (Wildman–Crippen LogP) is -10.5. The van der Waals surface area contributed by atoms with E-state index in [1.54, 1.807) is 0 Å². The van der Waals surface area contributed by atoms with Crippen LogP contribution in [-0.2, 0) is 28.8 Å². The molecule has 0 rings (SSSR count). The summed E-state index contributed by atoms with van der Waals surface area (Å²) >= 11 is 0. The number of rotatable bonds is 0. The van der Waals surface area contributed by atoms with Crippen molar-refractivity contribution in [2.75, 3.05) is 0 Å². The van der Waals surface area contributed by atoms with Crippen molar-refractivity contribution >= 4 is 35.8 Å². The summed E-state index contributed by atoms with van der Waals surface area (Å²) in [6.07, 6.45) is 0. The van der Waals surface area contributed by atoms with Gasteiger partial charge in [-0.15, -0.1) is 0 Å². The largest absolute Gasteiger partial charge is 3.00 e. The maximum atomic E-state index is 8.93. The number of aliphatic carboxylic acids is 6. The molecule has 120 valence electrons. The van der Waals surface area contributed by atoms with E-state index in [2.05, 4.69) is 0 Å². The summed E-state index contributed by atoms with van der Waals surface area (Å²) in [7, 11) is 0. The zero-order valence-electron chi connectivity index (χ0n) is 8.48. The van der Waals surface area contributed by atoms with Crippen LogP contribution in [0.25, 0.3) is 0 Å². The smallest absolute Gasteiger partial charge is 0.543 e. The first kappa shape index (κ1) is 31.6. The molecule has 0 bridgehead atoms. The van der Waals surface area contributed by atoms with Crippen molar-refractivity contribution in [3.05, 3.63) is 0 Å². The fraction of sp³-hybridized carbons (Fsp3) is 0. The van der Waals surface area contributed by atoms with Crippen LogP contribution in [0.15, 0.2) is 0 Å². The second-order valence-electron chi connectivity index (χ2n) is 1.72. The minimum atomic E-state index is -2.19. The summed E-state index contributed by atoms with van der Waals surface area (Å²) in [6, 6.07) is 0. The summed E-state index contributed by atoms with van der Waals surface area (Å²) in [5.41, 5.74) is 0. The van der Waals surface area contributed by atoms with Gasteiger partial charge in [0, 0.05) is 0 Å². The van der Waals surface area contributed by atoms with Gasteiger partial charge in [0.2, 0.25) is 0 Å². The van der Waals surface area contributed by atoms with Crippen LogP contribution in [0.5, 0.6) is 0 Å². The Morgan fingerprint density at radius 1 is 0.350 bits per heavy atom. The first-order chi connectivity index (χ1) is 7.93. The van der Waals surface area contributed by atoms with Gasteiger partial charge in [-0.25, -0.2) is 0 Å². The van der Waals surface area contributed by atoms with Crippen LogP contribution in [0.2, 0.25) is 0 Å². The van der Waals surface area contributed by atoms with Crippen molar-refractivity contribution in [2.45, 2.75) is 0 Å². The first-order valence-corrected chi connectivity index (χ1v) is 3.20. The summed E-state index contributed by atoms with van der Waals surface area (Å²) in [4.78, 5) is 53.6. The molecule has 0 saturated heterocycles. The summed E-state index contributed by atoms with van der Waals surface area (Å²) in [6.45, 7) is 0. The SMILES string of the molecule is O=C([O-])C(=O)[O-].O=C([O-])C(=O)[O-].O=C([O-])C(=O)[O-].[Er+3].[Er+3]. The van der Waals surface area contributed by atoms with Crippen LogP contribution >= 0.6 is 0 Å². The molecule has 2 radical (unpaired) electrons. The molecule has 20 heavy (non-hydrogen) atoms. The van der Waals surface area contributed by atoms with E-state index in [-0.39, 0.29) is 74.6 Å². The van der Waals surface area contributed by atoms with Gasteiger partial charge in [0.05, 0.1) is 35.8 Å². The Bertz CT molecular complexity index is 281. The molecular formula is C6Er2O12. The topological polar surface area (TPSA) is 241 Å².